The van der Waals surface area contributed by atoms with E-state index in [4.69, 9.17) is 11.6 Å². The lowest BCUT2D eigenvalue weighted by molar-refractivity contribution is 0.676. The molecule has 3 aromatic rings. The molecule has 98 valence electrons. The van der Waals surface area contributed by atoms with Crippen LogP contribution in [-0.2, 0) is 13.1 Å². The third-order valence-corrected chi connectivity index (χ3v) is 4.04. The average molecular weight is 295 g/mol. The van der Waals surface area contributed by atoms with Gasteiger partial charge in [-0.25, -0.2) is 4.79 Å². The molecule has 1 aromatic carbocycles. The van der Waals surface area contributed by atoms with E-state index in [-0.39, 0.29) is 5.69 Å². The summed E-state index contributed by atoms with van der Waals surface area (Å²) < 4.78 is 7.74. The Labute approximate surface area is 118 Å². The van der Waals surface area contributed by atoms with E-state index in [0.717, 1.165) is 22.6 Å². The summed E-state index contributed by atoms with van der Waals surface area (Å²) in [7, 11) is 0. The number of rotatable bonds is 3. The van der Waals surface area contributed by atoms with Crippen molar-refractivity contribution in [3.63, 3.8) is 0 Å². The lowest BCUT2D eigenvalue weighted by Crippen LogP contribution is -2.24. The summed E-state index contributed by atoms with van der Waals surface area (Å²) >= 11 is 7.13. The smallest absolute Gasteiger partial charge is 0.292 e. The van der Waals surface area contributed by atoms with Gasteiger partial charge in [0.05, 0.1) is 17.6 Å². The van der Waals surface area contributed by atoms with Crippen molar-refractivity contribution in [1.29, 1.82) is 0 Å². The minimum atomic E-state index is -0.0484. The van der Waals surface area contributed by atoms with E-state index in [9.17, 15) is 4.79 Å². The number of nitrogens with zero attached hydrogens (tertiary/aromatic N) is 4. The molecule has 0 aliphatic heterocycles. The van der Waals surface area contributed by atoms with Crippen LogP contribution in [0.15, 0.2) is 29.1 Å². The van der Waals surface area contributed by atoms with Gasteiger partial charge in [0.1, 0.15) is 10.0 Å². The number of fused-ring (bicyclic) bond motifs is 1. The van der Waals surface area contributed by atoms with Crippen molar-refractivity contribution in [1.82, 2.24) is 18.7 Å². The summed E-state index contributed by atoms with van der Waals surface area (Å²) in [5.41, 5.74) is 2.40. The van der Waals surface area contributed by atoms with Crippen molar-refractivity contribution in [2.45, 2.75) is 20.0 Å². The standard InChI is InChI=1S/C12H11ClN4OS/c1-2-16-9-5-3-4-6-10(9)17(12(16)18)7-8-11(13)19-15-14-8/h3-6H,2,7H2,1H3. The summed E-state index contributed by atoms with van der Waals surface area (Å²) in [4.78, 5) is 12.4. The fourth-order valence-corrected chi connectivity index (χ4v) is 2.78. The molecule has 0 fully saturated rings. The lowest BCUT2D eigenvalue weighted by Gasteiger charge is -1.99. The largest absolute Gasteiger partial charge is 0.329 e. The van der Waals surface area contributed by atoms with E-state index in [1.165, 1.54) is 0 Å². The molecule has 0 amide bonds. The molecule has 0 bridgehead atoms. The van der Waals surface area contributed by atoms with Gasteiger partial charge in [-0.3, -0.25) is 9.13 Å². The second kappa shape index (κ2) is 4.79. The average Bonchev–Trinajstić information content (AvgIpc) is 2.93. The highest BCUT2D eigenvalue weighted by molar-refractivity contribution is 7.10. The Bertz CT molecular complexity index is 788. The Kier molecular flexibility index (Phi) is 3.12. The fourth-order valence-electron chi connectivity index (χ4n) is 2.17. The van der Waals surface area contributed by atoms with E-state index >= 15 is 0 Å². The number of benzene rings is 1. The van der Waals surface area contributed by atoms with E-state index < -0.39 is 0 Å². The van der Waals surface area contributed by atoms with Gasteiger partial charge in [0.2, 0.25) is 0 Å². The number of hydrogen-bond acceptors (Lipinski definition) is 4. The zero-order valence-electron chi connectivity index (χ0n) is 10.2. The zero-order chi connectivity index (χ0) is 13.4. The summed E-state index contributed by atoms with van der Waals surface area (Å²) in [5, 5.41) is 3.96. The van der Waals surface area contributed by atoms with Crippen molar-refractivity contribution >= 4 is 34.2 Å². The van der Waals surface area contributed by atoms with Crippen LogP contribution < -0.4 is 5.69 Å². The van der Waals surface area contributed by atoms with Crippen LogP contribution in [0.1, 0.15) is 12.6 Å². The minimum absolute atomic E-state index is 0.0484. The second-order valence-electron chi connectivity index (χ2n) is 4.10. The van der Waals surface area contributed by atoms with E-state index in [1.807, 2.05) is 31.2 Å². The molecule has 2 aromatic heterocycles. The summed E-state index contributed by atoms with van der Waals surface area (Å²) in [6.45, 7) is 2.94. The number of aromatic nitrogens is 4. The number of hydrogen-bond donors (Lipinski definition) is 0. The van der Waals surface area contributed by atoms with E-state index in [2.05, 4.69) is 9.59 Å². The van der Waals surface area contributed by atoms with Gasteiger partial charge in [-0.05, 0) is 19.1 Å². The molecule has 0 aliphatic rings. The van der Waals surface area contributed by atoms with Gasteiger partial charge in [0.15, 0.2) is 0 Å². The summed E-state index contributed by atoms with van der Waals surface area (Å²) in [6.07, 6.45) is 0. The van der Waals surface area contributed by atoms with Crippen molar-refractivity contribution in [3.05, 3.63) is 44.8 Å². The van der Waals surface area contributed by atoms with E-state index in [1.54, 1.807) is 9.13 Å². The first kappa shape index (κ1) is 12.4. The Morgan fingerprint density at radius 2 is 1.95 bits per heavy atom. The maximum absolute atomic E-state index is 12.4. The predicted octanol–water partition coefficient (Wildman–Crippen LogP) is 2.38. The molecule has 0 radical (unpaired) electrons. The number of halogens is 1. The van der Waals surface area contributed by atoms with Gasteiger partial charge in [-0.1, -0.05) is 28.2 Å². The monoisotopic (exact) mass is 294 g/mol. The lowest BCUT2D eigenvalue weighted by atomic mass is 10.3. The highest BCUT2D eigenvalue weighted by atomic mass is 35.5. The molecule has 0 spiro atoms. The second-order valence-corrected chi connectivity index (χ2v) is 5.45. The van der Waals surface area contributed by atoms with Crippen LogP contribution in [0.4, 0.5) is 0 Å². The van der Waals surface area contributed by atoms with Crippen molar-refractivity contribution < 1.29 is 0 Å². The molecule has 19 heavy (non-hydrogen) atoms. The molecule has 0 unspecified atom stereocenters. The number of para-hydroxylation sites is 2. The molecule has 0 saturated heterocycles. The maximum Gasteiger partial charge on any atom is 0.329 e. The maximum atomic E-state index is 12.4. The van der Waals surface area contributed by atoms with Gasteiger partial charge in [0.25, 0.3) is 0 Å². The van der Waals surface area contributed by atoms with Gasteiger partial charge in [-0.2, -0.15) is 0 Å². The first-order valence-electron chi connectivity index (χ1n) is 5.87. The Balaban J connectivity index is 2.21. The fraction of sp³-hybridized carbons (Fsp3) is 0.250. The highest BCUT2D eigenvalue weighted by Crippen LogP contribution is 2.20. The SMILES string of the molecule is CCn1c(=O)n(Cc2nnsc2Cl)c2ccccc21. The van der Waals surface area contributed by atoms with Gasteiger partial charge < -0.3 is 0 Å². The molecule has 0 saturated carbocycles. The van der Waals surface area contributed by atoms with Crippen LogP contribution in [0.25, 0.3) is 11.0 Å². The number of aryl methyl sites for hydroxylation is 1. The third kappa shape index (κ3) is 1.97. The molecule has 0 aliphatic carbocycles. The number of imidazole rings is 1. The third-order valence-electron chi connectivity index (χ3n) is 3.06. The quantitative estimate of drug-likeness (QED) is 0.745. The van der Waals surface area contributed by atoms with Crippen molar-refractivity contribution in [2.24, 2.45) is 0 Å². The summed E-state index contributed by atoms with van der Waals surface area (Å²) in [6, 6.07) is 7.71. The Hall–Kier alpha value is -1.66. The molecule has 7 heteroatoms. The van der Waals surface area contributed by atoms with Crippen LogP contribution >= 0.6 is 23.1 Å². The molecule has 5 nitrogen and oxygen atoms in total. The first-order chi connectivity index (χ1) is 9.22. The van der Waals surface area contributed by atoms with Crippen LogP contribution in [-0.4, -0.2) is 18.7 Å². The Morgan fingerprint density at radius 1 is 1.26 bits per heavy atom. The molecule has 0 atom stereocenters. The topological polar surface area (TPSA) is 52.7 Å². The normalized spacial score (nSPS) is 11.3. The molecule has 3 rings (SSSR count). The molecular formula is C12H11ClN4OS. The van der Waals surface area contributed by atoms with Crippen LogP contribution in [0.2, 0.25) is 4.34 Å². The minimum Gasteiger partial charge on any atom is -0.292 e. The zero-order valence-corrected chi connectivity index (χ0v) is 11.8. The molecule has 2 heterocycles. The van der Waals surface area contributed by atoms with Gasteiger partial charge >= 0.3 is 5.69 Å². The highest BCUT2D eigenvalue weighted by Gasteiger charge is 2.14. The van der Waals surface area contributed by atoms with Crippen molar-refractivity contribution in [2.75, 3.05) is 0 Å². The van der Waals surface area contributed by atoms with Gasteiger partial charge in [0, 0.05) is 18.1 Å². The molecular weight excluding hydrogens is 284 g/mol. The Morgan fingerprint density at radius 3 is 2.53 bits per heavy atom. The van der Waals surface area contributed by atoms with E-state index in [0.29, 0.717) is 23.1 Å². The van der Waals surface area contributed by atoms with Crippen LogP contribution in [0.5, 0.6) is 0 Å². The predicted molar refractivity (Wildman–Crippen MR) is 75.9 cm³/mol. The van der Waals surface area contributed by atoms with Crippen LogP contribution in [0, 0.1) is 0 Å². The first-order valence-corrected chi connectivity index (χ1v) is 7.02. The van der Waals surface area contributed by atoms with Crippen molar-refractivity contribution in [3.8, 4) is 0 Å². The summed E-state index contributed by atoms with van der Waals surface area (Å²) in [5.74, 6) is 0. The van der Waals surface area contributed by atoms with Gasteiger partial charge in [-0.15, -0.1) is 5.10 Å². The molecule has 0 N–H and O–H groups in total. The van der Waals surface area contributed by atoms with Crippen LogP contribution in [0.3, 0.4) is 0 Å².